The van der Waals surface area contributed by atoms with Crippen molar-refractivity contribution >= 4 is 28.9 Å². The van der Waals surface area contributed by atoms with Gasteiger partial charge in [-0.3, -0.25) is 9.59 Å². The van der Waals surface area contributed by atoms with Gasteiger partial charge in [-0.2, -0.15) is 0 Å². The number of carbonyl (C=O) groups is 3. The van der Waals surface area contributed by atoms with E-state index < -0.39 is 23.6 Å². The number of Topliss-reactive ketones (excluding diaryl/α,β-unsaturated/α-hetero) is 2. The molecule has 1 fully saturated rings. The largest absolute Gasteiger partial charge is 0.478 e. The Morgan fingerprint density at radius 2 is 1.95 bits per heavy atom. The van der Waals surface area contributed by atoms with Crippen LogP contribution in [0.2, 0.25) is 0 Å². The van der Waals surface area contributed by atoms with Crippen molar-refractivity contribution in [3.63, 3.8) is 0 Å². The van der Waals surface area contributed by atoms with Crippen molar-refractivity contribution in [2.24, 2.45) is 4.99 Å². The van der Waals surface area contributed by atoms with Gasteiger partial charge in [-0.15, -0.1) is 0 Å². The average molecular weight is 261 g/mol. The van der Waals surface area contributed by atoms with E-state index >= 15 is 0 Å². The molecule has 0 unspecified atom stereocenters. The van der Waals surface area contributed by atoms with Crippen molar-refractivity contribution in [3.05, 3.63) is 29.8 Å². The monoisotopic (exact) mass is 261 g/mol. The molecule has 0 saturated heterocycles. The SMILES string of the molecule is CCO[C@@H]1C(=O)C(=O)C1=Nc1ccc(C(=O)O)cc1. The van der Waals surface area contributed by atoms with Gasteiger partial charge in [-0.1, -0.05) is 0 Å². The van der Waals surface area contributed by atoms with E-state index in [0.717, 1.165) is 0 Å². The molecule has 0 heterocycles. The van der Waals surface area contributed by atoms with Gasteiger partial charge in [0.2, 0.25) is 11.6 Å². The summed E-state index contributed by atoms with van der Waals surface area (Å²) in [7, 11) is 0. The van der Waals surface area contributed by atoms with Crippen molar-refractivity contribution in [2.75, 3.05) is 6.61 Å². The topological polar surface area (TPSA) is 93.0 Å². The van der Waals surface area contributed by atoms with Crippen molar-refractivity contribution in [2.45, 2.75) is 13.0 Å². The van der Waals surface area contributed by atoms with Crippen LogP contribution in [0.1, 0.15) is 17.3 Å². The first-order valence-electron chi connectivity index (χ1n) is 5.66. The Kier molecular flexibility index (Phi) is 3.52. The minimum Gasteiger partial charge on any atom is -0.478 e. The van der Waals surface area contributed by atoms with E-state index in [2.05, 4.69) is 4.99 Å². The van der Waals surface area contributed by atoms with Crippen molar-refractivity contribution in [1.29, 1.82) is 0 Å². The van der Waals surface area contributed by atoms with Gasteiger partial charge in [-0.25, -0.2) is 9.79 Å². The summed E-state index contributed by atoms with van der Waals surface area (Å²) >= 11 is 0. The number of carbonyl (C=O) groups excluding carboxylic acids is 2. The van der Waals surface area contributed by atoms with Gasteiger partial charge in [0, 0.05) is 6.61 Å². The summed E-state index contributed by atoms with van der Waals surface area (Å²) in [6.07, 6.45) is -0.892. The quantitative estimate of drug-likeness (QED) is 0.816. The molecular formula is C13H11NO5. The second-order valence-corrected chi connectivity index (χ2v) is 3.88. The van der Waals surface area contributed by atoms with Crippen LogP contribution in [-0.2, 0) is 14.3 Å². The molecule has 1 aliphatic rings. The Morgan fingerprint density at radius 1 is 1.32 bits per heavy atom. The van der Waals surface area contributed by atoms with Crippen molar-refractivity contribution in [3.8, 4) is 0 Å². The molecule has 6 heteroatoms. The first kappa shape index (κ1) is 13.1. The summed E-state index contributed by atoms with van der Waals surface area (Å²) < 4.78 is 5.11. The third-order valence-corrected chi connectivity index (χ3v) is 2.64. The van der Waals surface area contributed by atoms with Crippen LogP contribution in [0, 0.1) is 0 Å². The minimum atomic E-state index is -1.04. The summed E-state index contributed by atoms with van der Waals surface area (Å²) in [5.41, 5.74) is 0.599. The number of benzene rings is 1. The average Bonchev–Trinajstić information content (AvgIpc) is 2.42. The fourth-order valence-corrected chi connectivity index (χ4v) is 1.66. The Balaban J connectivity index is 2.23. The number of hydrogen-bond donors (Lipinski definition) is 1. The van der Waals surface area contributed by atoms with Crippen LogP contribution in [0.25, 0.3) is 0 Å². The number of carboxylic acids is 1. The lowest BCUT2D eigenvalue weighted by atomic mass is 9.89. The van der Waals surface area contributed by atoms with Gasteiger partial charge in [0.25, 0.3) is 0 Å². The van der Waals surface area contributed by atoms with Gasteiger partial charge in [0.15, 0.2) is 6.10 Å². The highest BCUT2D eigenvalue weighted by Crippen LogP contribution is 2.20. The lowest BCUT2D eigenvalue weighted by Crippen LogP contribution is -2.55. The fourth-order valence-electron chi connectivity index (χ4n) is 1.66. The lowest BCUT2D eigenvalue weighted by Gasteiger charge is -2.24. The second-order valence-electron chi connectivity index (χ2n) is 3.88. The molecule has 1 aliphatic carbocycles. The molecule has 0 amide bonds. The van der Waals surface area contributed by atoms with Crippen LogP contribution in [0.4, 0.5) is 5.69 Å². The van der Waals surface area contributed by atoms with E-state index in [1.807, 2.05) is 0 Å². The minimum absolute atomic E-state index is 0.0647. The van der Waals surface area contributed by atoms with Crippen LogP contribution in [0.15, 0.2) is 29.3 Å². The van der Waals surface area contributed by atoms with Crippen LogP contribution < -0.4 is 0 Å². The number of aromatic carboxylic acids is 1. The maximum absolute atomic E-state index is 11.4. The third kappa shape index (κ3) is 2.43. The Morgan fingerprint density at radius 3 is 2.47 bits per heavy atom. The molecule has 6 nitrogen and oxygen atoms in total. The molecule has 2 rings (SSSR count). The number of ketones is 2. The summed E-state index contributed by atoms with van der Waals surface area (Å²) in [6, 6.07) is 5.69. The molecule has 98 valence electrons. The molecule has 0 bridgehead atoms. The second kappa shape index (κ2) is 5.11. The highest BCUT2D eigenvalue weighted by molar-refractivity contribution is 6.79. The van der Waals surface area contributed by atoms with Gasteiger partial charge in [-0.05, 0) is 31.2 Å². The molecular weight excluding hydrogens is 250 g/mol. The van der Waals surface area contributed by atoms with E-state index in [-0.39, 0.29) is 11.3 Å². The lowest BCUT2D eigenvalue weighted by molar-refractivity contribution is -0.142. The molecule has 1 N–H and O–H groups in total. The third-order valence-electron chi connectivity index (χ3n) is 2.64. The first-order valence-corrected chi connectivity index (χ1v) is 5.66. The van der Waals surface area contributed by atoms with Gasteiger partial charge in [0.05, 0.1) is 11.3 Å². The predicted octanol–water partition coefficient (Wildman–Crippen LogP) is 1.01. The zero-order valence-electron chi connectivity index (χ0n) is 10.1. The molecule has 1 saturated carbocycles. The molecule has 0 aliphatic heterocycles. The van der Waals surface area contributed by atoms with E-state index in [9.17, 15) is 14.4 Å². The number of carboxylic acid groups (broad SMARTS) is 1. The first-order chi connectivity index (χ1) is 9.04. The normalized spacial score (nSPS) is 20.5. The highest BCUT2D eigenvalue weighted by Gasteiger charge is 2.46. The highest BCUT2D eigenvalue weighted by atomic mass is 16.5. The Labute approximate surface area is 108 Å². The summed E-state index contributed by atoms with van der Waals surface area (Å²) in [6.45, 7) is 2.02. The van der Waals surface area contributed by atoms with Crippen molar-refractivity contribution < 1.29 is 24.2 Å². The Hall–Kier alpha value is -2.34. The smallest absolute Gasteiger partial charge is 0.335 e. The summed E-state index contributed by atoms with van der Waals surface area (Å²) in [5, 5.41) is 8.75. The zero-order valence-corrected chi connectivity index (χ0v) is 10.1. The van der Waals surface area contributed by atoms with Gasteiger partial charge < -0.3 is 9.84 Å². The molecule has 0 aromatic heterocycles. The number of nitrogens with zero attached hydrogens (tertiary/aromatic N) is 1. The van der Waals surface area contributed by atoms with E-state index in [1.165, 1.54) is 24.3 Å². The Bertz CT molecular complexity index is 573. The fraction of sp³-hybridized carbons (Fsp3) is 0.231. The van der Waals surface area contributed by atoms with Crippen molar-refractivity contribution in [1.82, 2.24) is 0 Å². The zero-order chi connectivity index (χ0) is 14.0. The molecule has 0 spiro atoms. The molecule has 1 aromatic rings. The van der Waals surface area contributed by atoms with Crippen LogP contribution >= 0.6 is 0 Å². The van der Waals surface area contributed by atoms with E-state index in [1.54, 1.807) is 6.92 Å². The standard InChI is InChI=1S/C13H11NO5/c1-2-19-12-9(10(15)11(12)16)14-8-5-3-7(4-6-8)13(17)18/h3-6,12H,2H2,1H3,(H,17,18)/t12-/m0/s1. The maximum Gasteiger partial charge on any atom is 0.335 e. The maximum atomic E-state index is 11.4. The summed E-state index contributed by atoms with van der Waals surface area (Å²) in [4.78, 5) is 37.3. The predicted molar refractivity (Wildman–Crippen MR) is 65.9 cm³/mol. The number of ether oxygens (including phenoxy) is 1. The van der Waals surface area contributed by atoms with Crippen LogP contribution in [-0.4, -0.2) is 41.1 Å². The van der Waals surface area contributed by atoms with E-state index in [4.69, 9.17) is 9.84 Å². The molecule has 19 heavy (non-hydrogen) atoms. The van der Waals surface area contributed by atoms with Gasteiger partial charge >= 0.3 is 5.97 Å². The van der Waals surface area contributed by atoms with Crippen LogP contribution in [0.5, 0.6) is 0 Å². The van der Waals surface area contributed by atoms with Gasteiger partial charge in [0.1, 0.15) is 5.71 Å². The van der Waals surface area contributed by atoms with Crippen LogP contribution in [0.3, 0.4) is 0 Å². The number of hydrogen-bond acceptors (Lipinski definition) is 5. The number of rotatable bonds is 4. The number of aliphatic imine (C=N–C) groups is 1. The molecule has 0 radical (unpaired) electrons. The molecule has 1 aromatic carbocycles. The molecule has 1 atom stereocenters. The van der Waals surface area contributed by atoms with E-state index in [0.29, 0.717) is 12.3 Å². The summed E-state index contributed by atoms with van der Waals surface area (Å²) in [5.74, 6) is -2.29.